The van der Waals surface area contributed by atoms with Crippen molar-refractivity contribution in [3.8, 4) is 0 Å². The van der Waals surface area contributed by atoms with Crippen molar-refractivity contribution in [1.82, 2.24) is 0 Å². The second-order valence-corrected chi connectivity index (χ2v) is 4.07. The highest BCUT2D eigenvalue weighted by Crippen LogP contribution is 2.33. The van der Waals surface area contributed by atoms with Gasteiger partial charge in [0.1, 0.15) is 0 Å². The highest BCUT2D eigenvalue weighted by atomic mass is 16.2. The second kappa shape index (κ2) is 3.30. The fourth-order valence-electron chi connectivity index (χ4n) is 1.67. The first-order valence-electron chi connectivity index (χ1n) is 4.46. The highest BCUT2D eigenvalue weighted by Gasteiger charge is 2.31. The Bertz CT molecular complexity index is 214. The molecule has 0 radical (unpaired) electrons. The molecule has 0 aromatic carbocycles. The SMILES string of the molecule is CC1(C)CCCCC(=CO)C1=O. The van der Waals surface area contributed by atoms with Crippen LogP contribution in [0.25, 0.3) is 0 Å². The first-order chi connectivity index (χ1) is 5.58. The number of aliphatic hydroxyl groups is 1. The summed E-state index contributed by atoms with van der Waals surface area (Å²) in [5.74, 6) is 0.113. The third-order valence-electron chi connectivity index (χ3n) is 2.56. The van der Waals surface area contributed by atoms with Crippen LogP contribution in [0.5, 0.6) is 0 Å². The van der Waals surface area contributed by atoms with Crippen molar-refractivity contribution in [2.45, 2.75) is 39.5 Å². The maximum atomic E-state index is 11.7. The van der Waals surface area contributed by atoms with Gasteiger partial charge in [-0.25, -0.2) is 0 Å². The Morgan fingerprint density at radius 3 is 2.67 bits per heavy atom. The van der Waals surface area contributed by atoms with Gasteiger partial charge in [0.2, 0.25) is 0 Å². The van der Waals surface area contributed by atoms with Gasteiger partial charge in [-0.1, -0.05) is 20.3 Å². The van der Waals surface area contributed by atoms with Crippen LogP contribution in [0.3, 0.4) is 0 Å². The van der Waals surface area contributed by atoms with E-state index in [1.807, 2.05) is 13.8 Å². The molecule has 0 bridgehead atoms. The summed E-state index contributed by atoms with van der Waals surface area (Å²) < 4.78 is 0. The lowest BCUT2D eigenvalue weighted by Gasteiger charge is -2.20. The van der Waals surface area contributed by atoms with Crippen LogP contribution in [0.2, 0.25) is 0 Å². The molecule has 0 unspecified atom stereocenters. The van der Waals surface area contributed by atoms with Crippen molar-refractivity contribution in [2.75, 3.05) is 0 Å². The summed E-state index contributed by atoms with van der Waals surface area (Å²) in [5.41, 5.74) is 0.322. The van der Waals surface area contributed by atoms with Crippen LogP contribution in [-0.4, -0.2) is 10.9 Å². The average molecular weight is 168 g/mol. The van der Waals surface area contributed by atoms with Crippen molar-refractivity contribution in [3.63, 3.8) is 0 Å². The van der Waals surface area contributed by atoms with Gasteiger partial charge in [0, 0.05) is 11.0 Å². The molecule has 1 N–H and O–H groups in total. The smallest absolute Gasteiger partial charge is 0.167 e. The molecule has 0 heterocycles. The molecule has 2 heteroatoms. The van der Waals surface area contributed by atoms with Gasteiger partial charge in [-0.3, -0.25) is 4.79 Å². The molecule has 12 heavy (non-hydrogen) atoms. The van der Waals surface area contributed by atoms with Crippen molar-refractivity contribution in [2.24, 2.45) is 5.41 Å². The number of allylic oxidation sites excluding steroid dienone is 1. The molecule has 1 rings (SSSR count). The van der Waals surface area contributed by atoms with Gasteiger partial charge in [-0.15, -0.1) is 0 Å². The molecule has 1 saturated carbocycles. The second-order valence-electron chi connectivity index (χ2n) is 4.07. The third-order valence-corrected chi connectivity index (χ3v) is 2.56. The number of aliphatic hydroxyl groups excluding tert-OH is 1. The molecule has 0 spiro atoms. The minimum Gasteiger partial charge on any atom is -0.515 e. The van der Waals surface area contributed by atoms with Crippen LogP contribution in [-0.2, 0) is 4.79 Å². The van der Waals surface area contributed by atoms with E-state index in [1.54, 1.807) is 0 Å². The molecule has 0 saturated heterocycles. The van der Waals surface area contributed by atoms with Crippen LogP contribution >= 0.6 is 0 Å². The van der Waals surface area contributed by atoms with Gasteiger partial charge in [0.25, 0.3) is 0 Å². The van der Waals surface area contributed by atoms with Gasteiger partial charge in [0.15, 0.2) is 5.78 Å². The fourth-order valence-corrected chi connectivity index (χ4v) is 1.67. The lowest BCUT2D eigenvalue weighted by molar-refractivity contribution is -0.123. The minimum atomic E-state index is -0.273. The van der Waals surface area contributed by atoms with Crippen molar-refractivity contribution in [1.29, 1.82) is 0 Å². The molecule has 0 aliphatic heterocycles. The van der Waals surface area contributed by atoms with Gasteiger partial charge < -0.3 is 5.11 Å². The number of hydrogen-bond acceptors (Lipinski definition) is 2. The summed E-state index contributed by atoms with van der Waals surface area (Å²) >= 11 is 0. The van der Waals surface area contributed by atoms with Gasteiger partial charge >= 0.3 is 0 Å². The van der Waals surface area contributed by atoms with Crippen LogP contribution < -0.4 is 0 Å². The topological polar surface area (TPSA) is 37.3 Å². The van der Waals surface area contributed by atoms with Crippen LogP contribution in [0.1, 0.15) is 39.5 Å². The Labute approximate surface area is 73.3 Å². The summed E-state index contributed by atoms with van der Waals surface area (Å²) in [6, 6.07) is 0. The highest BCUT2D eigenvalue weighted by molar-refractivity contribution is 5.99. The van der Waals surface area contributed by atoms with Crippen molar-refractivity contribution in [3.05, 3.63) is 11.8 Å². The molecule has 0 atom stereocenters. The van der Waals surface area contributed by atoms with Crippen LogP contribution in [0, 0.1) is 5.41 Å². The molecule has 1 fully saturated rings. The third kappa shape index (κ3) is 1.68. The Balaban J connectivity index is 2.89. The minimum absolute atomic E-state index is 0.113. The van der Waals surface area contributed by atoms with E-state index in [1.165, 1.54) is 0 Å². The Hall–Kier alpha value is -0.790. The first kappa shape index (κ1) is 9.30. The summed E-state index contributed by atoms with van der Waals surface area (Å²) in [6.07, 6.45) is 4.75. The predicted octanol–water partition coefficient (Wildman–Crippen LogP) is 2.60. The van der Waals surface area contributed by atoms with Crippen molar-refractivity contribution < 1.29 is 9.90 Å². The van der Waals surface area contributed by atoms with E-state index in [2.05, 4.69) is 0 Å². The van der Waals surface area contributed by atoms with E-state index in [0.717, 1.165) is 31.9 Å². The molecule has 2 nitrogen and oxygen atoms in total. The Morgan fingerprint density at radius 2 is 2.08 bits per heavy atom. The number of rotatable bonds is 0. The largest absolute Gasteiger partial charge is 0.515 e. The summed E-state index contributed by atoms with van der Waals surface area (Å²) in [5, 5.41) is 8.84. The van der Waals surface area contributed by atoms with E-state index in [0.29, 0.717) is 5.57 Å². The average Bonchev–Trinajstić information content (AvgIpc) is 2.14. The molecule has 1 aliphatic rings. The van der Waals surface area contributed by atoms with E-state index in [4.69, 9.17) is 5.11 Å². The lowest BCUT2D eigenvalue weighted by atomic mass is 9.82. The zero-order valence-corrected chi connectivity index (χ0v) is 7.76. The monoisotopic (exact) mass is 168 g/mol. The molecular formula is C10H16O2. The van der Waals surface area contributed by atoms with Crippen LogP contribution in [0.15, 0.2) is 11.8 Å². The lowest BCUT2D eigenvalue weighted by Crippen LogP contribution is -2.23. The number of ketones is 1. The quantitative estimate of drug-likeness (QED) is 0.343. The maximum Gasteiger partial charge on any atom is 0.167 e. The van der Waals surface area contributed by atoms with E-state index < -0.39 is 0 Å². The number of carbonyl (C=O) groups is 1. The fraction of sp³-hybridized carbons (Fsp3) is 0.700. The standard InChI is InChI=1S/C10H16O2/c1-10(2)6-4-3-5-8(7-11)9(10)12/h7,11H,3-6H2,1-2H3. The zero-order chi connectivity index (χ0) is 9.19. The van der Waals surface area contributed by atoms with E-state index in [9.17, 15) is 4.79 Å². The first-order valence-corrected chi connectivity index (χ1v) is 4.46. The molecule has 1 aliphatic carbocycles. The van der Waals surface area contributed by atoms with Gasteiger partial charge in [0.05, 0.1) is 6.26 Å². The molecule has 0 amide bonds. The van der Waals surface area contributed by atoms with Gasteiger partial charge in [-0.05, 0) is 19.3 Å². The maximum absolute atomic E-state index is 11.7. The van der Waals surface area contributed by atoms with Gasteiger partial charge in [-0.2, -0.15) is 0 Å². The molecular weight excluding hydrogens is 152 g/mol. The number of hydrogen-bond donors (Lipinski definition) is 1. The summed E-state index contributed by atoms with van der Waals surface area (Å²) in [7, 11) is 0. The normalized spacial score (nSPS) is 27.2. The summed E-state index contributed by atoms with van der Waals surface area (Å²) in [4.78, 5) is 11.7. The zero-order valence-electron chi connectivity index (χ0n) is 7.76. The van der Waals surface area contributed by atoms with E-state index in [-0.39, 0.29) is 11.2 Å². The molecule has 0 aromatic rings. The summed E-state index contributed by atoms with van der Waals surface area (Å²) in [6.45, 7) is 3.90. The predicted molar refractivity (Wildman–Crippen MR) is 48.0 cm³/mol. The Morgan fingerprint density at radius 1 is 1.42 bits per heavy atom. The van der Waals surface area contributed by atoms with E-state index >= 15 is 0 Å². The van der Waals surface area contributed by atoms with Crippen molar-refractivity contribution >= 4 is 5.78 Å². The molecule has 68 valence electrons. The van der Waals surface area contributed by atoms with Crippen LogP contribution in [0.4, 0.5) is 0 Å². The molecule has 0 aromatic heterocycles. The number of carbonyl (C=O) groups excluding carboxylic acids is 1. The Kier molecular flexibility index (Phi) is 2.55. The number of Topliss-reactive ketones (excluding diaryl/α,β-unsaturated/α-hetero) is 1.